The summed E-state index contributed by atoms with van der Waals surface area (Å²) in [6.07, 6.45) is 0. The van der Waals surface area contributed by atoms with Crippen LogP contribution in [0.4, 0.5) is 5.69 Å². The molecule has 0 aromatic heterocycles. The number of ether oxygens (including phenoxy) is 1. The van der Waals surface area contributed by atoms with E-state index >= 15 is 0 Å². The van der Waals surface area contributed by atoms with Gasteiger partial charge in [-0.05, 0) is 24.3 Å². The van der Waals surface area contributed by atoms with Crippen LogP contribution in [0.2, 0.25) is 5.02 Å². The van der Waals surface area contributed by atoms with E-state index in [2.05, 4.69) is 0 Å². The monoisotopic (exact) mass is 274 g/mol. The molecule has 6 heteroatoms. The SMILES string of the molecule is N#Cc1cccc(Oc2cc(Cl)ccc2[N+](=O)[O-])c1. The van der Waals surface area contributed by atoms with Crippen molar-refractivity contribution in [3.63, 3.8) is 0 Å². The molecule has 0 spiro atoms. The van der Waals surface area contributed by atoms with Crippen LogP contribution in [-0.4, -0.2) is 4.92 Å². The Kier molecular flexibility index (Phi) is 3.64. The molecule has 0 saturated heterocycles. The Morgan fingerprint density at radius 1 is 1.26 bits per heavy atom. The van der Waals surface area contributed by atoms with Crippen LogP contribution < -0.4 is 4.74 Å². The Hall–Kier alpha value is -2.58. The van der Waals surface area contributed by atoms with E-state index in [0.717, 1.165) is 0 Å². The van der Waals surface area contributed by atoms with Crippen LogP contribution >= 0.6 is 11.6 Å². The fourth-order valence-electron chi connectivity index (χ4n) is 1.48. The quantitative estimate of drug-likeness (QED) is 0.628. The molecule has 94 valence electrons. The summed E-state index contributed by atoms with van der Waals surface area (Å²) >= 11 is 5.79. The van der Waals surface area contributed by atoms with Gasteiger partial charge in [0.1, 0.15) is 5.75 Å². The molecule has 0 N–H and O–H groups in total. The van der Waals surface area contributed by atoms with E-state index in [9.17, 15) is 10.1 Å². The molecule has 0 atom stereocenters. The summed E-state index contributed by atoms with van der Waals surface area (Å²) in [5.41, 5.74) is 0.217. The fraction of sp³-hybridized carbons (Fsp3) is 0. The highest BCUT2D eigenvalue weighted by atomic mass is 35.5. The lowest BCUT2D eigenvalue weighted by Gasteiger charge is -2.06. The summed E-state index contributed by atoms with van der Waals surface area (Å²) in [7, 11) is 0. The summed E-state index contributed by atoms with van der Waals surface area (Å²) in [5, 5.41) is 20.0. The lowest BCUT2D eigenvalue weighted by molar-refractivity contribution is -0.385. The lowest BCUT2D eigenvalue weighted by Crippen LogP contribution is -1.93. The second-order valence-electron chi connectivity index (χ2n) is 3.61. The molecular weight excluding hydrogens is 268 g/mol. The van der Waals surface area contributed by atoms with Crippen LogP contribution in [0.3, 0.4) is 0 Å². The molecule has 0 bridgehead atoms. The molecule has 0 fully saturated rings. The minimum Gasteiger partial charge on any atom is -0.450 e. The molecule has 19 heavy (non-hydrogen) atoms. The van der Waals surface area contributed by atoms with Crippen LogP contribution in [0.15, 0.2) is 42.5 Å². The van der Waals surface area contributed by atoms with Gasteiger partial charge in [-0.3, -0.25) is 10.1 Å². The summed E-state index contributed by atoms with van der Waals surface area (Å²) in [6, 6.07) is 12.3. The second-order valence-corrected chi connectivity index (χ2v) is 4.05. The second kappa shape index (κ2) is 5.38. The maximum Gasteiger partial charge on any atom is 0.311 e. The molecule has 2 aromatic carbocycles. The third kappa shape index (κ3) is 3.00. The van der Waals surface area contributed by atoms with Crippen molar-refractivity contribution in [3.05, 3.63) is 63.2 Å². The Bertz CT molecular complexity index is 680. The van der Waals surface area contributed by atoms with E-state index in [4.69, 9.17) is 21.6 Å². The van der Waals surface area contributed by atoms with Gasteiger partial charge in [0.25, 0.3) is 0 Å². The Morgan fingerprint density at radius 3 is 2.74 bits per heavy atom. The molecule has 0 heterocycles. The van der Waals surface area contributed by atoms with Crippen molar-refractivity contribution in [2.45, 2.75) is 0 Å². The largest absolute Gasteiger partial charge is 0.450 e. The summed E-state index contributed by atoms with van der Waals surface area (Å²) in [6.45, 7) is 0. The van der Waals surface area contributed by atoms with E-state index in [-0.39, 0.29) is 11.4 Å². The smallest absolute Gasteiger partial charge is 0.311 e. The van der Waals surface area contributed by atoms with E-state index in [0.29, 0.717) is 16.3 Å². The van der Waals surface area contributed by atoms with Gasteiger partial charge in [0.15, 0.2) is 0 Å². The van der Waals surface area contributed by atoms with E-state index in [1.165, 1.54) is 24.3 Å². The first-order chi connectivity index (χ1) is 9.10. The maximum atomic E-state index is 10.9. The highest BCUT2D eigenvalue weighted by Gasteiger charge is 2.16. The lowest BCUT2D eigenvalue weighted by atomic mass is 10.2. The Morgan fingerprint density at radius 2 is 2.05 bits per heavy atom. The van der Waals surface area contributed by atoms with Gasteiger partial charge in [-0.25, -0.2) is 0 Å². The predicted octanol–water partition coefficient (Wildman–Crippen LogP) is 3.91. The maximum absolute atomic E-state index is 10.9. The molecule has 0 aliphatic carbocycles. The van der Waals surface area contributed by atoms with Crippen molar-refractivity contribution in [1.29, 1.82) is 5.26 Å². The average Bonchev–Trinajstić information content (AvgIpc) is 2.38. The number of rotatable bonds is 3. The minimum atomic E-state index is -0.556. The normalized spacial score (nSPS) is 9.68. The zero-order chi connectivity index (χ0) is 13.8. The summed E-state index contributed by atoms with van der Waals surface area (Å²) in [4.78, 5) is 10.3. The highest BCUT2D eigenvalue weighted by molar-refractivity contribution is 6.30. The first kappa shape index (κ1) is 12.9. The van der Waals surface area contributed by atoms with E-state index < -0.39 is 4.92 Å². The molecule has 2 aromatic rings. The molecular formula is C13H7ClN2O3. The van der Waals surface area contributed by atoms with E-state index in [1.807, 2.05) is 6.07 Å². The number of nitro groups is 1. The standard InChI is InChI=1S/C13H7ClN2O3/c14-10-4-5-12(16(17)18)13(7-10)19-11-3-1-2-9(6-11)8-15/h1-7H. The first-order valence-electron chi connectivity index (χ1n) is 5.22. The molecule has 0 amide bonds. The number of hydrogen-bond acceptors (Lipinski definition) is 4. The fourth-order valence-corrected chi connectivity index (χ4v) is 1.64. The van der Waals surface area contributed by atoms with Crippen molar-refractivity contribution in [3.8, 4) is 17.6 Å². The average molecular weight is 275 g/mol. The van der Waals surface area contributed by atoms with E-state index in [1.54, 1.807) is 18.2 Å². The van der Waals surface area contributed by atoms with Crippen LogP contribution in [-0.2, 0) is 0 Å². The highest BCUT2D eigenvalue weighted by Crippen LogP contribution is 2.33. The molecule has 0 unspecified atom stereocenters. The number of halogens is 1. The van der Waals surface area contributed by atoms with Gasteiger partial charge in [-0.15, -0.1) is 0 Å². The van der Waals surface area contributed by atoms with Gasteiger partial charge < -0.3 is 4.74 Å². The van der Waals surface area contributed by atoms with Crippen molar-refractivity contribution in [2.24, 2.45) is 0 Å². The van der Waals surface area contributed by atoms with Gasteiger partial charge in [-0.1, -0.05) is 17.7 Å². The molecule has 2 rings (SSSR count). The summed E-state index contributed by atoms with van der Waals surface area (Å²) < 4.78 is 5.42. The number of nitriles is 1. The summed E-state index contributed by atoms with van der Waals surface area (Å²) in [5.74, 6) is 0.372. The zero-order valence-corrected chi connectivity index (χ0v) is 10.3. The third-order valence-corrected chi connectivity index (χ3v) is 2.54. The number of nitrogens with zero attached hydrogens (tertiary/aromatic N) is 2. The van der Waals surface area contributed by atoms with Crippen LogP contribution in [0.25, 0.3) is 0 Å². The number of benzene rings is 2. The first-order valence-corrected chi connectivity index (χ1v) is 5.60. The van der Waals surface area contributed by atoms with Gasteiger partial charge in [0.2, 0.25) is 5.75 Å². The van der Waals surface area contributed by atoms with Crippen LogP contribution in [0, 0.1) is 21.4 Å². The Balaban J connectivity index is 2.40. The number of nitro benzene ring substituents is 1. The number of hydrogen-bond donors (Lipinski definition) is 0. The topological polar surface area (TPSA) is 76.2 Å². The molecule has 0 radical (unpaired) electrons. The molecule has 0 aliphatic rings. The van der Waals surface area contributed by atoms with Crippen LogP contribution in [0.1, 0.15) is 5.56 Å². The third-order valence-electron chi connectivity index (χ3n) is 2.31. The Labute approximate surface area is 113 Å². The van der Waals surface area contributed by atoms with Crippen LogP contribution in [0.5, 0.6) is 11.5 Å². The van der Waals surface area contributed by atoms with Crippen molar-refractivity contribution >= 4 is 17.3 Å². The van der Waals surface area contributed by atoms with Gasteiger partial charge in [-0.2, -0.15) is 5.26 Å². The molecule has 0 aliphatic heterocycles. The minimum absolute atomic E-state index is 0.0348. The predicted molar refractivity (Wildman–Crippen MR) is 69.3 cm³/mol. The molecule has 5 nitrogen and oxygen atoms in total. The van der Waals surface area contributed by atoms with Gasteiger partial charge in [0.05, 0.1) is 16.6 Å². The zero-order valence-electron chi connectivity index (χ0n) is 9.54. The molecule has 0 saturated carbocycles. The van der Waals surface area contributed by atoms with Gasteiger partial charge >= 0.3 is 5.69 Å². The van der Waals surface area contributed by atoms with Crippen molar-refractivity contribution < 1.29 is 9.66 Å². The van der Waals surface area contributed by atoms with Crippen molar-refractivity contribution in [1.82, 2.24) is 0 Å². The van der Waals surface area contributed by atoms with Crippen molar-refractivity contribution in [2.75, 3.05) is 0 Å². The van der Waals surface area contributed by atoms with Gasteiger partial charge in [0, 0.05) is 17.2 Å².